The lowest BCUT2D eigenvalue weighted by Crippen LogP contribution is -2.47. The summed E-state index contributed by atoms with van der Waals surface area (Å²) < 4.78 is 25.9. The molecule has 194 valence electrons. The highest BCUT2D eigenvalue weighted by Crippen LogP contribution is 2.37. The highest BCUT2D eigenvalue weighted by Gasteiger charge is 2.47. The first kappa shape index (κ1) is 24.6. The van der Waals surface area contributed by atoms with Gasteiger partial charge in [0.15, 0.2) is 5.58 Å². The van der Waals surface area contributed by atoms with E-state index in [4.69, 9.17) is 14.3 Å². The van der Waals surface area contributed by atoms with Gasteiger partial charge in [0.2, 0.25) is 0 Å². The van der Waals surface area contributed by atoms with Gasteiger partial charge in [0.1, 0.15) is 18.7 Å². The van der Waals surface area contributed by atoms with Gasteiger partial charge in [0.05, 0.1) is 28.9 Å². The summed E-state index contributed by atoms with van der Waals surface area (Å²) in [7, 11) is 0. The second-order valence-electron chi connectivity index (χ2n) is 9.46. The SMILES string of the molecule is CC1C(C2OCC(=O)N2CCc2ccc3oc(=O)[nH]c3c2)C(c2ccc(F)cc2)=NN1c1ccc(Br)cc1. The fourth-order valence-electron chi connectivity index (χ4n) is 5.21. The zero-order chi connectivity index (χ0) is 26.4. The number of H-pyrrole nitrogens is 1. The molecule has 1 aromatic heterocycles. The first-order valence-corrected chi connectivity index (χ1v) is 13.1. The number of amides is 1. The van der Waals surface area contributed by atoms with E-state index >= 15 is 0 Å². The number of carbonyl (C=O) groups is 1. The molecule has 0 bridgehead atoms. The Morgan fingerprint density at radius 2 is 1.84 bits per heavy atom. The van der Waals surface area contributed by atoms with Crippen molar-refractivity contribution >= 4 is 44.3 Å². The number of hydrogen-bond acceptors (Lipinski definition) is 6. The van der Waals surface area contributed by atoms with Gasteiger partial charge in [0, 0.05) is 11.0 Å². The first-order chi connectivity index (χ1) is 18.4. The van der Waals surface area contributed by atoms with Crippen LogP contribution in [0.3, 0.4) is 0 Å². The lowest BCUT2D eigenvalue weighted by molar-refractivity contribution is -0.128. The van der Waals surface area contributed by atoms with Crippen LogP contribution in [-0.4, -0.2) is 46.9 Å². The van der Waals surface area contributed by atoms with E-state index in [1.165, 1.54) is 12.1 Å². The Bertz CT molecular complexity index is 1580. The number of nitrogens with one attached hydrogen (secondary N) is 1. The number of anilines is 1. The molecule has 4 aromatic rings. The number of halogens is 2. The molecule has 1 saturated heterocycles. The van der Waals surface area contributed by atoms with Crippen LogP contribution in [0.4, 0.5) is 10.1 Å². The van der Waals surface area contributed by atoms with Crippen molar-refractivity contribution in [3.8, 4) is 0 Å². The van der Waals surface area contributed by atoms with Crippen LogP contribution in [0.2, 0.25) is 0 Å². The number of aromatic nitrogens is 1. The Morgan fingerprint density at radius 1 is 1.08 bits per heavy atom. The van der Waals surface area contributed by atoms with Crippen LogP contribution in [0.5, 0.6) is 0 Å². The zero-order valence-electron chi connectivity index (χ0n) is 20.4. The van der Waals surface area contributed by atoms with Gasteiger partial charge in [-0.2, -0.15) is 5.10 Å². The molecule has 0 aliphatic carbocycles. The van der Waals surface area contributed by atoms with Crippen LogP contribution in [0.15, 0.2) is 85.5 Å². The molecule has 8 nitrogen and oxygen atoms in total. The molecule has 0 radical (unpaired) electrons. The number of hydrogen-bond donors (Lipinski definition) is 1. The Labute approximate surface area is 225 Å². The summed E-state index contributed by atoms with van der Waals surface area (Å²) in [6, 6.07) is 19.5. The molecule has 2 aliphatic rings. The van der Waals surface area contributed by atoms with Crippen molar-refractivity contribution < 1.29 is 18.3 Å². The van der Waals surface area contributed by atoms with Crippen LogP contribution in [0, 0.1) is 11.7 Å². The molecule has 10 heteroatoms. The van der Waals surface area contributed by atoms with Crippen molar-refractivity contribution in [2.24, 2.45) is 11.0 Å². The van der Waals surface area contributed by atoms with E-state index in [0.717, 1.165) is 27.0 Å². The molecule has 1 fully saturated rings. The second-order valence-corrected chi connectivity index (χ2v) is 10.4. The predicted molar refractivity (Wildman–Crippen MR) is 145 cm³/mol. The monoisotopic (exact) mass is 578 g/mol. The highest BCUT2D eigenvalue weighted by atomic mass is 79.9. The third-order valence-corrected chi connectivity index (χ3v) is 7.63. The lowest BCUT2D eigenvalue weighted by Gasteiger charge is -2.33. The minimum absolute atomic E-state index is 0.0169. The van der Waals surface area contributed by atoms with Gasteiger partial charge in [-0.15, -0.1) is 0 Å². The minimum atomic E-state index is -0.542. The van der Waals surface area contributed by atoms with Crippen LogP contribution in [-0.2, 0) is 16.0 Å². The van der Waals surface area contributed by atoms with E-state index in [0.29, 0.717) is 24.1 Å². The Morgan fingerprint density at radius 3 is 2.61 bits per heavy atom. The normalized spacial score (nSPS) is 21.5. The largest absolute Gasteiger partial charge is 0.417 e. The van der Waals surface area contributed by atoms with E-state index in [1.54, 1.807) is 23.1 Å². The summed E-state index contributed by atoms with van der Waals surface area (Å²) in [4.78, 5) is 28.9. The molecule has 3 aromatic carbocycles. The number of benzene rings is 3. The van der Waals surface area contributed by atoms with Crippen LogP contribution >= 0.6 is 15.9 Å². The quantitative estimate of drug-likeness (QED) is 0.359. The van der Waals surface area contributed by atoms with Crippen molar-refractivity contribution in [1.82, 2.24) is 9.88 Å². The van der Waals surface area contributed by atoms with E-state index in [1.807, 2.05) is 41.4 Å². The smallest absolute Gasteiger partial charge is 0.408 e. The van der Waals surface area contributed by atoms with Crippen LogP contribution < -0.4 is 10.8 Å². The van der Waals surface area contributed by atoms with Crippen LogP contribution in [0.1, 0.15) is 18.1 Å². The van der Waals surface area contributed by atoms with Gasteiger partial charge < -0.3 is 14.1 Å². The van der Waals surface area contributed by atoms with Crippen molar-refractivity contribution in [3.63, 3.8) is 0 Å². The number of rotatable bonds is 6. The number of oxazole rings is 1. The first-order valence-electron chi connectivity index (χ1n) is 12.3. The topological polar surface area (TPSA) is 91.1 Å². The fourth-order valence-corrected chi connectivity index (χ4v) is 5.47. The second kappa shape index (κ2) is 9.85. The number of hydrazone groups is 1. The third-order valence-electron chi connectivity index (χ3n) is 7.10. The van der Waals surface area contributed by atoms with Gasteiger partial charge in [-0.25, -0.2) is 9.18 Å². The summed E-state index contributed by atoms with van der Waals surface area (Å²) in [6.07, 6.45) is 0.0224. The summed E-state index contributed by atoms with van der Waals surface area (Å²) in [6.45, 7) is 2.46. The van der Waals surface area contributed by atoms with Gasteiger partial charge >= 0.3 is 5.76 Å². The number of carbonyl (C=O) groups excluding carboxylic acids is 1. The fraction of sp³-hybridized carbons (Fsp3) is 0.250. The minimum Gasteiger partial charge on any atom is -0.408 e. The highest BCUT2D eigenvalue weighted by molar-refractivity contribution is 9.10. The molecule has 2 aliphatic heterocycles. The molecule has 0 spiro atoms. The Hall–Kier alpha value is -3.76. The van der Waals surface area contributed by atoms with Crippen molar-refractivity contribution in [1.29, 1.82) is 0 Å². The number of aromatic amines is 1. The Balaban J connectivity index is 1.30. The van der Waals surface area contributed by atoms with E-state index in [9.17, 15) is 14.0 Å². The van der Waals surface area contributed by atoms with E-state index in [-0.39, 0.29) is 30.3 Å². The molecular formula is C28H24BrFN4O4. The maximum Gasteiger partial charge on any atom is 0.417 e. The van der Waals surface area contributed by atoms with E-state index < -0.39 is 12.0 Å². The number of nitrogens with zero attached hydrogens (tertiary/aromatic N) is 3. The standard InChI is InChI=1S/C28H24BrFN4O4/c1-16-25(26(18-3-7-20(30)8-4-18)32-34(16)21-9-5-19(29)6-10-21)27-33(24(35)15-37-27)13-12-17-2-11-23-22(14-17)31-28(36)38-23/h2-11,14,16,25,27H,12-13,15H2,1H3,(H,31,36). The molecule has 6 rings (SSSR count). The average Bonchev–Trinajstić information content (AvgIpc) is 3.57. The molecule has 3 heterocycles. The summed E-state index contributed by atoms with van der Waals surface area (Å²) in [5.74, 6) is -1.20. The third kappa shape index (κ3) is 4.54. The van der Waals surface area contributed by atoms with Gasteiger partial charge in [0.25, 0.3) is 5.91 Å². The van der Waals surface area contributed by atoms with Crippen molar-refractivity contribution in [2.75, 3.05) is 18.2 Å². The average molecular weight is 579 g/mol. The van der Waals surface area contributed by atoms with Gasteiger partial charge in [-0.05, 0) is 73.0 Å². The lowest BCUT2D eigenvalue weighted by atomic mass is 9.89. The molecular weight excluding hydrogens is 555 g/mol. The molecule has 38 heavy (non-hydrogen) atoms. The molecule has 3 unspecified atom stereocenters. The van der Waals surface area contributed by atoms with Gasteiger partial charge in [-0.3, -0.25) is 14.8 Å². The number of ether oxygens (including phenoxy) is 1. The maximum atomic E-state index is 13.7. The van der Waals surface area contributed by atoms with Gasteiger partial charge in [-0.1, -0.05) is 34.1 Å². The maximum absolute atomic E-state index is 13.7. The summed E-state index contributed by atoms with van der Waals surface area (Å²) in [5, 5.41) is 6.89. The summed E-state index contributed by atoms with van der Waals surface area (Å²) >= 11 is 3.48. The number of fused-ring (bicyclic) bond motifs is 1. The molecule has 0 saturated carbocycles. The van der Waals surface area contributed by atoms with Crippen molar-refractivity contribution in [2.45, 2.75) is 25.6 Å². The molecule has 1 amide bonds. The predicted octanol–water partition coefficient (Wildman–Crippen LogP) is 4.68. The summed E-state index contributed by atoms with van der Waals surface area (Å²) in [5.41, 5.74) is 4.48. The Kier molecular flexibility index (Phi) is 6.37. The molecule has 3 atom stereocenters. The molecule has 1 N–H and O–H groups in total. The van der Waals surface area contributed by atoms with E-state index in [2.05, 4.69) is 27.8 Å². The van der Waals surface area contributed by atoms with Crippen molar-refractivity contribution in [3.05, 3.63) is 98.7 Å². The zero-order valence-corrected chi connectivity index (χ0v) is 22.0. The van der Waals surface area contributed by atoms with Crippen LogP contribution in [0.25, 0.3) is 11.1 Å².